The van der Waals surface area contributed by atoms with Gasteiger partial charge in [0.25, 0.3) is 11.8 Å². The molecule has 1 heterocycles. The highest BCUT2D eigenvalue weighted by Gasteiger charge is 2.34. The van der Waals surface area contributed by atoms with Crippen LogP contribution in [0, 0.1) is 5.92 Å². The molecular formula is C19H15ClN2O2. The standard InChI is InChI=1S/C19H15ClN2O2/c20-12-4-1-3-11(9-12)18(23)21-13-7-8-15-14-5-2-6-16(14)19(24)22-17(15)10-13/h1,3-4,7-10,15H,2,5-6H2,(H,22,24). The Morgan fingerprint density at radius 2 is 2.17 bits per heavy atom. The van der Waals surface area contributed by atoms with Gasteiger partial charge in [0.2, 0.25) is 0 Å². The zero-order chi connectivity index (χ0) is 16.7. The summed E-state index contributed by atoms with van der Waals surface area (Å²) in [6.07, 6.45) is 8.49. The number of hydrogen-bond donors (Lipinski definition) is 1. The van der Waals surface area contributed by atoms with E-state index < -0.39 is 0 Å². The SMILES string of the molecule is O=C1NC2=CC(=NC(=O)c3cccc(Cl)c3)C=CC2C2=C1CCC2. The zero-order valence-electron chi connectivity index (χ0n) is 12.9. The summed E-state index contributed by atoms with van der Waals surface area (Å²) in [6, 6.07) is 6.70. The van der Waals surface area contributed by atoms with E-state index in [1.807, 2.05) is 12.2 Å². The molecule has 0 saturated carbocycles. The van der Waals surface area contributed by atoms with Crippen LogP contribution in [0.1, 0.15) is 29.6 Å². The van der Waals surface area contributed by atoms with Gasteiger partial charge in [-0.1, -0.05) is 23.7 Å². The first kappa shape index (κ1) is 15.1. The van der Waals surface area contributed by atoms with E-state index in [2.05, 4.69) is 10.3 Å². The molecule has 2 aliphatic carbocycles. The molecule has 1 N–H and O–H groups in total. The van der Waals surface area contributed by atoms with Crippen LogP contribution in [0.5, 0.6) is 0 Å². The van der Waals surface area contributed by atoms with Crippen molar-refractivity contribution in [2.24, 2.45) is 10.9 Å². The van der Waals surface area contributed by atoms with Crippen LogP contribution >= 0.6 is 11.6 Å². The molecule has 0 spiro atoms. The number of benzene rings is 1. The van der Waals surface area contributed by atoms with Crippen molar-refractivity contribution in [3.63, 3.8) is 0 Å². The molecule has 1 unspecified atom stereocenters. The lowest BCUT2D eigenvalue weighted by Gasteiger charge is -2.28. The number of hydrogen-bond acceptors (Lipinski definition) is 2. The van der Waals surface area contributed by atoms with Gasteiger partial charge in [-0.2, -0.15) is 0 Å². The van der Waals surface area contributed by atoms with E-state index in [1.54, 1.807) is 30.3 Å². The minimum atomic E-state index is -0.352. The maximum absolute atomic E-state index is 12.3. The molecule has 0 fully saturated rings. The van der Waals surface area contributed by atoms with Crippen molar-refractivity contribution in [1.82, 2.24) is 5.32 Å². The van der Waals surface area contributed by atoms with E-state index in [-0.39, 0.29) is 17.7 Å². The predicted molar refractivity (Wildman–Crippen MR) is 93.0 cm³/mol. The van der Waals surface area contributed by atoms with Crippen LogP contribution in [0.3, 0.4) is 0 Å². The minimum Gasteiger partial charge on any atom is -0.325 e. The number of nitrogens with one attached hydrogen (secondary N) is 1. The van der Waals surface area contributed by atoms with Gasteiger partial charge in [-0.25, -0.2) is 4.99 Å². The summed E-state index contributed by atoms with van der Waals surface area (Å²) in [4.78, 5) is 28.6. The Hall–Kier alpha value is -2.46. The van der Waals surface area contributed by atoms with Crippen molar-refractivity contribution in [3.05, 3.63) is 69.9 Å². The summed E-state index contributed by atoms with van der Waals surface area (Å²) in [5.74, 6) is -0.253. The van der Waals surface area contributed by atoms with E-state index >= 15 is 0 Å². The van der Waals surface area contributed by atoms with Crippen LogP contribution in [-0.2, 0) is 4.79 Å². The molecule has 4 nitrogen and oxygen atoms in total. The van der Waals surface area contributed by atoms with E-state index in [0.717, 1.165) is 30.5 Å². The first-order chi connectivity index (χ1) is 11.6. The number of aliphatic imine (C=N–C) groups is 1. The molecule has 0 saturated heterocycles. The molecule has 0 bridgehead atoms. The Morgan fingerprint density at radius 1 is 1.29 bits per heavy atom. The van der Waals surface area contributed by atoms with Crippen LogP contribution in [0.4, 0.5) is 0 Å². The van der Waals surface area contributed by atoms with Crippen molar-refractivity contribution in [1.29, 1.82) is 0 Å². The van der Waals surface area contributed by atoms with Crippen molar-refractivity contribution in [2.75, 3.05) is 0 Å². The number of allylic oxidation sites excluding steroid dienone is 3. The lowest BCUT2D eigenvalue weighted by Crippen LogP contribution is -2.35. The fourth-order valence-corrected chi connectivity index (χ4v) is 3.65. The second kappa shape index (κ2) is 5.87. The lowest BCUT2D eigenvalue weighted by molar-refractivity contribution is -0.117. The third kappa shape index (κ3) is 2.63. The Morgan fingerprint density at radius 3 is 3.00 bits per heavy atom. The first-order valence-corrected chi connectivity index (χ1v) is 8.31. The third-order valence-electron chi connectivity index (χ3n) is 4.57. The maximum atomic E-state index is 12.3. The highest BCUT2D eigenvalue weighted by atomic mass is 35.5. The van der Waals surface area contributed by atoms with E-state index in [1.165, 1.54) is 5.57 Å². The summed E-state index contributed by atoms with van der Waals surface area (Å²) in [6.45, 7) is 0. The van der Waals surface area contributed by atoms with Gasteiger partial charge in [-0.05, 0) is 55.2 Å². The molecular weight excluding hydrogens is 324 g/mol. The molecule has 5 heteroatoms. The van der Waals surface area contributed by atoms with Gasteiger partial charge < -0.3 is 5.32 Å². The number of halogens is 1. The van der Waals surface area contributed by atoms with Gasteiger partial charge in [-0.15, -0.1) is 0 Å². The third-order valence-corrected chi connectivity index (χ3v) is 4.80. The molecule has 0 radical (unpaired) electrons. The summed E-state index contributed by atoms with van der Waals surface area (Å²) >= 11 is 5.91. The summed E-state index contributed by atoms with van der Waals surface area (Å²) in [7, 11) is 0. The van der Waals surface area contributed by atoms with Crippen LogP contribution in [-0.4, -0.2) is 17.5 Å². The fourth-order valence-electron chi connectivity index (χ4n) is 3.46. The molecule has 2 amide bonds. The van der Waals surface area contributed by atoms with Crippen molar-refractivity contribution < 1.29 is 9.59 Å². The second-order valence-electron chi connectivity index (χ2n) is 6.10. The van der Waals surface area contributed by atoms with E-state index in [9.17, 15) is 9.59 Å². The second-order valence-corrected chi connectivity index (χ2v) is 6.54. The first-order valence-electron chi connectivity index (χ1n) is 7.93. The predicted octanol–water partition coefficient (Wildman–Crippen LogP) is 3.60. The number of rotatable bonds is 1. The van der Waals surface area contributed by atoms with E-state index in [0.29, 0.717) is 16.3 Å². The number of amides is 2. The highest BCUT2D eigenvalue weighted by Crippen LogP contribution is 2.39. The molecule has 1 aliphatic heterocycles. The molecule has 1 aromatic rings. The molecule has 3 aliphatic rings. The van der Waals surface area contributed by atoms with Crippen molar-refractivity contribution >= 4 is 29.1 Å². The quantitative estimate of drug-likeness (QED) is 0.850. The molecule has 1 aromatic carbocycles. The minimum absolute atomic E-state index is 0.0131. The summed E-state index contributed by atoms with van der Waals surface area (Å²) < 4.78 is 0. The Balaban J connectivity index is 1.63. The Labute approximate surface area is 144 Å². The smallest absolute Gasteiger partial charge is 0.277 e. The van der Waals surface area contributed by atoms with Crippen molar-refractivity contribution in [2.45, 2.75) is 19.3 Å². The van der Waals surface area contributed by atoms with Gasteiger partial charge in [0, 0.05) is 27.8 Å². The fraction of sp³-hybridized carbons (Fsp3) is 0.211. The molecule has 4 rings (SSSR count). The molecule has 0 aromatic heterocycles. The summed E-state index contributed by atoms with van der Waals surface area (Å²) in [5.41, 5.74) is 3.92. The van der Waals surface area contributed by atoms with Crippen LogP contribution < -0.4 is 5.32 Å². The zero-order valence-corrected chi connectivity index (χ0v) is 13.6. The maximum Gasteiger partial charge on any atom is 0.277 e. The number of carbonyl (C=O) groups is 2. The van der Waals surface area contributed by atoms with Crippen molar-refractivity contribution in [3.8, 4) is 0 Å². The monoisotopic (exact) mass is 338 g/mol. The van der Waals surface area contributed by atoms with Crippen LogP contribution in [0.15, 0.2) is 64.3 Å². The van der Waals surface area contributed by atoms with Gasteiger partial charge in [0.05, 0.1) is 5.71 Å². The largest absolute Gasteiger partial charge is 0.325 e. The Kier molecular flexibility index (Phi) is 3.69. The number of fused-ring (bicyclic) bond motifs is 2. The summed E-state index contributed by atoms with van der Waals surface area (Å²) in [5, 5.41) is 3.44. The van der Waals surface area contributed by atoms with Gasteiger partial charge in [-0.3, -0.25) is 9.59 Å². The molecule has 120 valence electrons. The lowest BCUT2D eigenvalue weighted by atomic mass is 9.85. The van der Waals surface area contributed by atoms with Crippen LogP contribution in [0.25, 0.3) is 0 Å². The molecule has 24 heavy (non-hydrogen) atoms. The highest BCUT2D eigenvalue weighted by molar-refractivity contribution is 6.31. The van der Waals surface area contributed by atoms with Gasteiger partial charge >= 0.3 is 0 Å². The Bertz CT molecular complexity index is 877. The average Bonchev–Trinajstić information content (AvgIpc) is 3.05. The number of carbonyl (C=O) groups excluding carboxylic acids is 2. The van der Waals surface area contributed by atoms with E-state index in [4.69, 9.17) is 11.6 Å². The molecule has 1 atom stereocenters. The van der Waals surface area contributed by atoms with Gasteiger partial charge in [0.1, 0.15) is 0 Å². The van der Waals surface area contributed by atoms with Gasteiger partial charge in [0.15, 0.2) is 0 Å². The topological polar surface area (TPSA) is 58.5 Å². The normalized spacial score (nSPS) is 23.7. The average molecular weight is 339 g/mol. The number of nitrogens with zero attached hydrogens (tertiary/aromatic N) is 1. The van der Waals surface area contributed by atoms with Crippen LogP contribution in [0.2, 0.25) is 5.02 Å².